The molecule has 28 heavy (non-hydrogen) atoms. The van der Waals surface area contributed by atoms with Gasteiger partial charge in [0.1, 0.15) is 0 Å². The van der Waals surface area contributed by atoms with Crippen molar-refractivity contribution in [2.24, 2.45) is 5.92 Å². The van der Waals surface area contributed by atoms with E-state index in [1.807, 2.05) is 0 Å². The van der Waals surface area contributed by atoms with Crippen LogP contribution in [0.4, 0.5) is 11.4 Å². The highest BCUT2D eigenvalue weighted by Gasteiger charge is 2.36. The summed E-state index contributed by atoms with van der Waals surface area (Å²) in [5, 5.41) is 3.71. The Balaban J connectivity index is 1.53. The van der Waals surface area contributed by atoms with Crippen molar-refractivity contribution in [2.75, 3.05) is 23.4 Å². The monoisotopic (exact) mass is 440 g/mol. The molecule has 1 heterocycles. The molecule has 1 N–H and O–H groups in total. The number of amides is 2. The normalized spacial score (nSPS) is 16.2. The van der Waals surface area contributed by atoms with Gasteiger partial charge in [0.2, 0.25) is 5.91 Å². The predicted molar refractivity (Wildman–Crippen MR) is 108 cm³/mol. The smallest absolute Gasteiger partial charge is 0.311 e. The molecule has 0 radical (unpaired) electrons. The number of benzene rings is 2. The summed E-state index contributed by atoms with van der Waals surface area (Å²) in [5.41, 5.74) is 1.05. The van der Waals surface area contributed by atoms with Gasteiger partial charge in [-0.05, 0) is 36.4 Å². The zero-order chi connectivity index (χ0) is 20.3. The number of rotatable bonds is 5. The first-order valence-corrected chi connectivity index (χ1v) is 9.44. The molecule has 1 saturated heterocycles. The number of halogens is 3. The van der Waals surface area contributed by atoms with E-state index in [0.717, 1.165) is 0 Å². The third-order valence-corrected chi connectivity index (χ3v) is 5.10. The second-order valence-electron chi connectivity index (χ2n) is 6.17. The summed E-state index contributed by atoms with van der Waals surface area (Å²) < 4.78 is 5.06. The third kappa shape index (κ3) is 4.95. The molecule has 2 amide bonds. The minimum Gasteiger partial charge on any atom is -0.455 e. The molecule has 0 unspecified atom stereocenters. The number of carbonyl (C=O) groups excluding carboxylic acids is 3. The van der Waals surface area contributed by atoms with Gasteiger partial charge in [-0.15, -0.1) is 0 Å². The summed E-state index contributed by atoms with van der Waals surface area (Å²) in [6.07, 6.45) is 0.0136. The molecule has 0 bridgehead atoms. The van der Waals surface area contributed by atoms with E-state index in [0.29, 0.717) is 26.4 Å². The van der Waals surface area contributed by atoms with Gasteiger partial charge in [0.05, 0.1) is 16.0 Å². The van der Waals surface area contributed by atoms with Crippen molar-refractivity contribution in [3.8, 4) is 0 Å². The molecule has 2 aromatic rings. The Labute approximate surface area is 176 Å². The third-order valence-electron chi connectivity index (χ3n) is 4.13. The van der Waals surface area contributed by atoms with E-state index in [4.69, 9.17) is 39.5 Å². The summed E-state index contributed by atoms with van der Waals surface area (Å²) in [4.78, 5) is 37.9. The number of hydrogen-bond donors (Lipinski definition) is 1. The molecule has 0 aromatic heterocycles. The van der Waals surface area contributed by atoms with E-state index in [1.54, 1.807) is 36.4 Å². The highest BCUT2D eigenvalue weighted by molar-refractivity contribution is 6.42. The highest BCUT2D eigenvalue weighted by Crippen LogP contribution is 2.28. The Bertz CT molecular complexity index is 935. The molecular formula is C19H15Cl3N2O4. The van der Waals surface area contributed by atoms with Crippen LogP contribution in [0.5, 0.6) is 0 Å². The number of anilines is 2. The van der Waals surface area contributed by atoms with Gasteiger partial charge in [-0.2, -0.15) is 0 Å². The van der Waals surface area contributed by atoms with Gasteiger partial charge >= 0.3 is 5.97 Å². The van der Waals surface area contributed by atoms with E-state index in [2.05, 4.69) is 5.32 Å². The van der Waals surface area contributed by atoms with E-state index < -0.39 is 24.4 Å². The lowest BCUT2D eigenvalue weighted by atomic mass is 10.1. The van der Waals surface area contributed by atoms with Crippen molar-refractivity contribution in [2.45, 2.75) is 6.42 Å². The maximum Gasteiger partial charge on any atom is 0.311 e. The average Bonchev–Trinajstić information content (AvgIpc) is 3.05. The van der Waals surface area contributed by atoms with Gasteiger partial charge in [-0.3, -0.25) is 14.4 Å². The van der Waals surface area contributed by atoms with Crippen LogP contribution in [0.2, 0.25) is 15.1 Å². The van der Waals surface area contributed by atoms with Crippen LogP contribution in [-0.4, -0.2) is 30.9 Å². The van der Waals surface area contributed by atoms with Gasteiger partial charge in [0, 0.05) is 29.4 Å². The number of ether oxygens (including phenoxy) is 1. The van der Waals surface area contributed by atoms with Crippen LogP contribution in [0.1, 0.15) is 6.42 Å². The predicted octanol–water partition coefficient (Wildman–Crippen LogP) is 4.18. The Hall–Kier alpha value is -2.28. The standard InChI is InChI=1S/C19H15Cl3N2O4/c20-12-2-1-3-14(7-12)24-9-11(6-18(24)26)19(27)28-10-17(25)23-13-4-5-15(21)16(22)8-13/h1-5,7-8,11H,6,9-10H2,(H,23,25)/t11-/m1/s1. The molecular weight excluding hydrogens is 427 g/mol. The lowest BCUT2D eigenvalue weighted by molar-refractivity contribution is -0.151. The van der Waals surface area contributed by atoms with Crippen molar-refractivity contribution in [3.05, 3.63) is 57.5 Å². The molecule has 1 aliphatic rings. The maximum absolute atomic E-state index is 12.2. The largest absolute Gasteiger partial charge is 0.455 e. The fourth-order valence-electron chi connectivity index (χ4n) is 2.78. The summed E-state index contributed by atoms with van der Waals surface area (Å²) in [5.74, 6) is -1.99. The van der Waals surface area contributed by atoms with Crippen LogP contribution in [-0.2, 0) is 19.1 Å². The van der Waals surface area contributed by atoms with Crippen LogP contribution >= 0.6 is 34.8 Å². The molecule has 0 spiro atoms. The summed E-state index contributed by atoms with van der Waals surface area (Å²) in [6.45, 7) is -0.298. The van der Waals surface area contributed by atoms with Gasteiger partial charge in [-0.25, -0.2) is 0 Å². The molecule has 1 fully saturated rings. The van der Waals surface area contributed by atoms with Crippen LogP contribution in [0.15, 0.2) is 42.5 Å². The highest BCUT2D eigenvalue weighted by atomic mass is 35.5. The van der Waals surface area contributed by atoms with E-state index >= 15 is 0 Å². The molecule has 9 heteroatoms. The van der Waals surface area contributed by atoms with Crippen molar-refractivity contribution in [3.63, 3.8) is 0 Å². The average molecular weight is 442 g/mol. The number of nitrogens with one attached hydrogen (secondary N) is 1. The molecule has 3 rings (SSSR count). The Morgan fingerprint density at radius 3 is 2.61 bits per heavy atom. The topological polar surface area (TPSA) is 75.7 Å². The van der Waals surface area contributed by atoms with Crippen molar-refractivity contribution < 1.29 is 19.1 Å². The first-order chi connectivity index (χ1) is 13.3. The van der Waals surface area contributed by atoms with Gasteiger partial charge in [0.25, 0.3) is 5.91 Å². The van der Waals surface area contributed by atoms with Gasteiger partial charge in [0.15, 0.2) is 6.61 Å². The zero-order valence-electron chi connectivity index (χ0n) is 14.5. The van der Waals surface area contributed by atoms with E-state index in [1.165, 1.54) is 11.0 Å². The second kappa shape index (κ2) is 8.82. The number of hydrogen-bond acceptors (Lipinski definition) is 4. The lowest BCUT2D eigenvalue weighted by Crippen LogP contribution is -2.28. The summed E-state index contributed by atoms with van der Waals surface area (Å²) in [6, 6.07) is 11.4. The Morgan fingerprint density at radius 2 is 1.89 bits per heavy atom. The van der Waals surface area contributed by atoms with Gasteiger partial charge in [-0.1, -0.05) is 40.9 Å². The Morgan fingerprint density at radius 1 is 1.11 bits per heavy atom. The van der Waals surface area contributed by atoms with Crippen LogP contribution in [0.3, 0.4) is 0 Å². The molecule has 6 nitrogen and oxygen atoms in total. The minimum absolute atomic E-state index is 0.0136. The fraction of sp³-hybridized carbons (Fsp3) is 0.211. The summed E-state index contributed by atoms with van der Waals surface area (Å²) >= 11 is 17.7. The lowest BCUT2D eigenvalue weighted by Gasteiger charge is -2.16. The van der Waals surface area contributed by atoms with Gasteiger partial charge < -0.3 is 15.0 Å². The SMILES string of the molecule is O=C(COC(=O)[C@@H]1CC(=O)N(c2cccc(Cl)c2)C1)Nc1ccc(Cl)c(Cl)c1. The van der Waals surface area contributed by atoms with Crippen LogP contribution in [0.25, 0.3) is 0 Å². The quantitative estimate of drug-likeness (QED) is 0.706. The first-order valence-electron chi connectivity index (χ1n) is 8.31. The molecule has 146 valence electrons. The molecule has 2 aromatic carbocycles. The fourth-order valence-corrected chi connectivity index (χ4v) is 3.27. The Kier molecular flexibility index (Phi) is 6.44. The minimum atomic E-state index is -0.649. The zero-order valence-corrected chi connectivity index (χ0v) is 16.7. The first kappa shape index (κ1) is 20.5. The molecule has 0 saturated carbocycles. The summed E-state index contributed by atoms with van der Waals surface area (Å²) in [7, 11) is 0. The van der Waals surface area contributed by atoms with Crippen molar-refractivity contribution in [1.29, 1.82) is 0 Å². The van der Waals surface area contributed by atoms with Crippen LogP contribution in [0, 0.1) is 5.92 Å². The number of nitrogens with zero attached hydrogens (tertiary/aromatic N) is 1. The van der Waals surface area contributed by atoms with E-state index in [-0.39, 0.29) is 18.9 Å². The molecule has 0 aliphatic carbocycles. The van der Waals surface area contributed by atoms with Crippen molar-refractivity contribution in [1.82, 2.24) is 0 Å². The van der Waals surface area contributed by atoms with E-state index in [9.17, 15) is 14.4 Å². The number of carbonyl (C=O) groups is 3. The molecule has 1 atom stereocenters. The number of esters is 1. The molecule has 1 aliphatic heterocycles. The van der Waals surface area contributed by atoms with Crippen LogP contribution < -0.4 is 10.2 Å². The van der Waals surface area contributed by atoms with Crippen molar-refractivity contribution >= 4 is 64.0 Å². The maximum atomic E-state index is 12.2. The second-order valence-corrected chi connectivity index (χ2v) is 7.42.